The van der Waals surface area contributed by atoms with Crippen LogP contribution in [0.15, 0.2) is 11.6 Å². The first-order valence-electron chi connectivity index (χ1n) is 8.08. The summed E-state index contributed by atoms with van der Waals surface area (Å²) >= 11 is 0. The number of hydrogen-bond acceptors (Lipinski definition) is 2. The molecule has 2 aliphatic heterocycles. The van der Waals surface area contributed by atoms with E-state index < -0.39 is 0 Å². The second kappa shape index (κ2) is 5.97. The molecule has 2 heterocycles. The maximum absolute atomic E-state index is 3.58. The van der Waals surface area contributed by atoms with Gasteiger partial charge in [-0.3, -0.25) is 4.90 Å². The number of nitrogens with zero attached hydrogens (tertiary/aromatic N) is 1. The van der Waals surface area contributed by atoms with Crippen LogP contribution in [-0.2, 0) is 0 Å². The molecule has 1 fully saturated rings. The molecule has 0 spiro atoms. The first kappa shape index (κ1) is 15.1. The molecule has 1 saturated heterocycles. The molecule has 0 saturated carbocycles. The van der Waals surface area contributed by atoms with Crippen molar-refractivity contribution in [3.8, 4) is 0 Å². The van der Waals surface area contributed by atoms with Crippen LogP contribution >= 0.6 is 0 Å². The Labute approximate surface area is 119 Å². The molecule has 0 bridgehead atoms. The van der Waals surface area contributed by atoms with Crippen LogP contribution in [-0.4, -0.2) is 37.6 Å². The highest BCUT2D eigenvalue weighted by Gasteiger charge is 2.35. The molecule has 0 aliphatic carbocycles. The lowest BCUT2D eigenvalue weighted by Gasteiger charge is -2.38. The van der Waals surface area contributed by atoms with E-state index in [0.29, 0.717) is 10.8 Å². The van der Waals surface area contributed by atoms with Crippen LogP contribution in [0.3, 0.4) is 0 Å². The summed E-state index contributed by atoms with van der Waals surface area (Å²) in [6.45, 7) is 15.5. The molecule has 2 heteroatoms. The first-order chi connectivity index (χ1) is 8.95. The van der Waals surface area contributed by atoms with Crippen LogP contribution in [0.1, 0.15) is 53.4 Å². The zero-order valence-corrected chi connectivity index (χ0v) is 13.4. The monoisotopic (exact) mass is 264 g/mol. The van der Waals surface area contributed by atoms with Gasteiger partial charge < -0.3 is 5.32 Å². The van der Waals surface area contributed by atoms with Crippen molar-refractivity contribution in [2.24, 2.45) is 10.8 Å². The van der Waals surface area contributed by atoms with Crippen molar-refractivity contribution in [2.45, 2.75) is 53.4 Å². The lowest BCUT2D eigenvalue weighted by molar-refractivity contribution is 0.157. The van der Waals surface area contributed by atoms with Crippen LogP contribution in [0.25, 0.3) is 0 Å². The predicted octanol–water partition coefficient (Wildman–Crippen LogP) is 3.44. The molecular weight excluding hydrogens is 232 g/mol. The number of hydrogen-bond donors (Lipinski definition) is 1. The third-order valence-corrected chi connectivity index (χ3v) is 4.93. The van der Waals surface area contributed by atoms with Crippen LogP contribution in [0, 0.1) is 10.8 Å². The van der Waals surface area contributed by atoms with Gasteiger partial charge in [-0.05, 0) is 36.6 Å². The summed E-state index contributed by atoms with van der Waals surface area (Å²) < 4.78 is 0. The minimum Gasteiger partial charge on any atom is -0.316 e. The fourth-order valence-corrected chi connectivity index (χ4v) is 3.76. The van der Waals surface area contributed by atoms with Gasteiger partial charge in [0.25, 0.3) is 0 Å². The summed E-state index contributed by atoms with van der Waals surface area (Å²) in [5, 5.41) is 3.58. The Hall–Kier alpha value is -0.340. The summed E-state index contributed by atoms with van der Waals surface area (Å²) in [6, 6.07) is 0. The molecule has 0 aromatic heterocycles. The molecule has 2 rings (SSSR count). The van der Waals surface area contributed by atoms with E-state index in [-0.39, 0.29) is 0 Å². The van der Waals surface area contributed by atoms with Crippen molar-refractivity contribution in [3.63, 3.8) is 0 Å². The van der Waals surface area contributed by atoms with E-state index in [0.717, 1.165) is 6.54 Å². The average Bonchev–Trinajstić information content (AvgIpc) is 2.77. The van der Waals surface area contributed by atoms with Gasteiger partial charge in [-0.15, -0.1) is 0 Å². The predicted molar refractivity (Wildman–Crippen MR) is 83.4 cm³/mol. The van der Waals surface area contributed by atoms with Crippen molar-refractivity contribution in [3.05, 3.63) is 11.6 Å². The van der Waals surface area contributed by atoms with Crippen LogP contribution in [0.4, 0.5) is 0 Å². The molecule has 0 aromatic rings. The van der Waals surface area contributed by atoms with E-state index in [1.807, 2.05) is 0 Å². The summed E-state index contributed by atoms with van der Waals surface area (Å²) in [4.78, 5) is 2.68. The second-order valence-electron chi connectivity index (χ2n) is 7.64. The van der Waals surface area contributed by atoms with E-state index in [4.69, 9.17) is 0 Å². The zero-order valence-electron chi connectivity index (χ0n) is 13.4. The quantitative estimate of drug-likeness (QED) is 0.783. The Morgan fingerprint density at radius 3 is 2.63 bits per heavy atom. The third-order valence-electron chi connectivity index (χ3n) is 4.93. The van der Waals surface area contributed by atoms with E-state index in [2.05, 4.69) is 44.0 Å². The molecule has 1 atom stereocenters. The molecule has 0 aromatic carbocycles. The minimum absolute atomic E-state index is 0.363. The van der Waals surface area contributed by atoms with Crippen molar-refractivity contribution in [2.75, 3.05) is 32.7 Å². The molecule has 2 aliphatic rings. The van der Waals surface area contributed by atoms with Crippen molar-refractivity contribution < 1.29 is 0 Å². The fourth-order valence-electron chi connectivity index (χ4n) is 3.76. The van der Waals surface area contributed by atoms with E-state index in [1.165, 1.54) is 51.9 Å². The lowest BCUT2D eigenvalue weighted by atomic mass is 9.80. The number of nitrogens with one attached hydrogen (secondary N) is 1. The smallest absolute Gasteiger partial charge is 0.0166 e. The fraction of sp³-hybridized carbons (Fsp3) is 0.882. The topological polar surface area (TPSA) is 15.3 Å². The van der Waals surface area contributed by atoms with Gasteiger partial charge in [0.1, 0.15) is 0 Å². The maximum atomic E-state index is 3.58. The second-order valence-corrected chi connectivity index (χ2v) is 7.64. The van der Waals surface area contributed by atoms with Gasteiger partial charge in [0, 0.05) is 26.2 Å². The third kappa shape index (κ3) is 3.82. The van der Waals surface area contributed by atoms with Crippen molar-refractivity contribution >= 4 is 0 Å². The van der Waals surface area contributed by atoms with Gasteiger partial charge >= 0.3 is 0 Å². The Morgan fingerprint density at radius 2 is 2.16 bits per heavy atom. The Morgan fingerprint density at radius 1 is 1.37 bits per heavy atom. The summed E-state index contributed by atoms with van der Waals surface area (Å²) in [6.07, 6.45) is 7.82. The molecular formula is C17H32N2. The number of rotatable bonds is 4. The van der Waals surface area contributed by atoms with Crippen molar-refractivity contribution in [1.29, 1.82) is 0 Å². The highest BCUT2D eigenvalue weighted by atomic mass is 15.1. The molecule has 1 N–H and O–H groups in total. The highest BCUT2D eigenvalue weighted by molar-refractivity contribution is 5.14. The standard InChI is InChI=1S/C17H32N2/c1-5-8-17(9-10-18-13-17)14-19-11-6-15(7-12-19)16(2,3)4/h6,18H,5,7-14H2,1-4H3. The molecule has 1 unspecified atom stereocenters. The van der Waals surface area contributed by atoms with E-state index in [1.54, 1.807) is 5.57 Å². The summed E-state index contributed by atoms with van der Waals surface area (Å²) in [5.74, 6) is 0. The first-order valence-corrected chi connectivity index (χ1v) is 8.08. The minimum atomic E-state index is 0.363. The SMILES string of the molecule is CCCC1(CN2CC=C(C(C)(C)C)CC2)CCNC1. The van der Waals surface area contributed by atoms with Gasteiger partial charge in [-0.2, -0.15) is 0 Å². The molecule has 0 amide bonds. The summed E-state index contributed by atoms with van der Waals surface area (Å²) in [5.41, 5.74) is 2.57. The Bertz CT molecular complexity index is 319. The van der Waals surface area contributed by atoms with E-state index >= 15 is 0 Å². The van der Waals surface area contributed by atoms with Crippen LogP contribution in [0.2, 0.25) is 0 Å². The van der Waals surface area contributed by atoms with Gasteiger partial charge in [0.2, 0.25) is 0 Å². The zero-order chi connectivity index (χ0) is 13.9. The van der Waals surface area contributed by atoms with Gasteiger partial charge in [0.15, 0.2) is 0 Å². The summed E-state index contributed by atoms with van der Waals surface area (Å²) in [7, 11) is 0. The van der Waals surface area contributed by atoms with Crippen LogP contribution in [0.5, 0.6) is 0 Å². The highest BCUT2D eigenvalue weighted by Crippen LogP contribution is 2.34. The largest absolute Gasteiger partial charge is 0.316 e. The lowest BCUT2D eigenvalue weighted by Crippen LogP contribution is -2.42. The van der Waals surface area contributed by atoms with E-state index in [9.17, 15) is 0 Å². The van der Waals surface area contributed by atoms with Gasteiger partial charge in [0.05, 0.1) is 0 Å². The van der Waals surface area contributed by atoms with Crippen molar-refractivity contribution in [1.82, 2.24) is 10.2 Å². The normalized spacial score (nSPS) is 29.6. The van der Waals surface area contributed by atoms with Crippen LogP contribution < -0.4 is 5.32 Å². The van der Waals surface area contributed by atoms with Gasteiger partial charge in [-0.25, -0.2) is 0 Å². The molecule has 2 nitrogen and oxygen atoms in total. The average molecular weight is 264 g/mol. The molecule has 19 heavy (non-hydrogen) atoms. The Kier molecular flexibility index (Phi) is 4.73. The maximum Gasteiger partial charge on any atom is 0.0166 e. The molecule has 110 valence electrons. The van der Waals surface area contributed by atoms with Gasteiger partial charge in [-0.1, -0.05) is 45.8 Å². The Balaban J connectivity index is 1.93. The molecule has 0 radical (unpaired) electrons.